The topological polar surface area (TPSA) is 54.0 Å². The van der Waals surface area contributed by atoms with Crippen molar-refractivity contribution in [3.63, 3.8) is 0 Å². The molecule has 0 N–H and O–H groups in total. The monoisotopic (exact) mass is 803 g/mol. The SMILES string of the molecule is CC[Si](CC)(CC)OC1(COC(=O)[C@@H](C)[C@H]2CC[C@H]3/C(=C/C=C4C[C@@H](O[Si](C)(C)C(C)(C)C)C[C@H](O[Si](C)(C)C(C)(C)C)C4)CCC[C@]23C)CCCCC1. The van der Waals surface area contributed by atoms with Gasteiger partial charge in [0.2, 0.25) is 0 Å². The van der Waals surface area contributed by atoms with Crippen molar-refractivity contribution < 1.29 is 22.8 Å². The summed E-state index contributed by atoms with van der Waals surface area (Å²) < 4.78 is 27.8. The number of esters is 1. The molecule has 0 aromatic rings. The molecule has 6 atom stereocenters. The van der Waals surface area contributed by atoms with Gasteiger partial charge in [0, 0.05) is 0 Å². The van der Waals surface area contributed by atoms with Crippen LogP contribution in [0.25, 0.3) is 0 Å². The Morgan fingerprint density at radius 3 is 1.83 bits per heavy atom. The van der Waals surface area contributed by atoms with Crippen LogP contribution in [0.5, 0.6) is 0 Å². The van der Waals surface area contributed by atoms with Crippen LogP contribution < -0.4 is 0 Å². The number of ether oxygens (including phenoxy) is 1. The van der Waals surface area contributed by atoms with Crippen molar-refractivity contribution in [3.8, 4) is 0 Å². The quantitative estimate of drug-likeness (QED) is 0.129. The molecule has 4 aliphatic rings. The molecule has 0 aromatic heterocycles. The normalized spacial score (nSPS) is 29.9. The van der Waals surface area contributed by atoms with Gasteiger partial charge in [-0.2, -0.15) is 0 Å². The zero-order chi connectivity index (χ0) is 40.4. The van der Waals surface area contributed by atoms with E-state index in [0.717, 1.165) is 56.7 Å². The van der Waals surface area contributed by atoms with Crippen LogP contribution in [0.2, 0.25) is 54.4 Å². The molecule has 0 bridgehead atoms. The zero-order valence-electron chi connectivity index (χ0n) is 38.1. The van der Waals surface area contributed by atoms with Crippen LogP contribution in [-0.2, 0) is 22.8 Å². The van der Waals surface area contributed by atoms with Crippen LogP contribution >= 0.6 is 0 Å². The Kier molecular flexibility index (Phi) is 15.2. The molecule has 0 unspecified atom stereocenters. The highest BCUT2D eigenvalue weighted by molar-refractivity contribution is 6.74. The predicted molar refractivity (Wildman–Crippen MR) is 237 cm³/mol. The average molecular weight is 803 g/mol. The fourth-order valence-corrected chi connectivity index (χ4v) is 16.2. The summed E-state index contributed by atoms with van der Waals surface area (Å²) >= 11 is 0. The lowest BCUT2D eigenvalue weighted by atomic mass is 9.61. The third kappa shape index (κ3) is 10.6. The largest absolute Gasteiger partial charge is 0.462 e. The summed E-state index contributed by atoms with van der Waals surface area (Å²) in [5, 5.41) is 0.359. The van der Waals surface area contributed by atoms with Gasteiger partial charge in [0.05, 0.1) is 23.7 Å². The minimum atomic E-state index is -1.92. The first-order valence-corrected chi connectivity index (χ1v) is 30.9. The Hall–Kier alpha value is -0.519. The number of carbonyl (C=O) groups excluding carboxylic acids is 1. The molecule has 4 rings (SSSR count). The van der Waals surface area contributed by atoms with Crippen molar-refractivity contribution >= 4 is 30.9 Å². The molecular weight excluding hydrogens is 717 g/mol. The van der Waals surface area contributed by atoms with Crippen LogP contribution in [0.1, 0.15) is 160 Å². The molecule has 312 valence electrons. The molecule has 4 aliphatic carbocycles. The standard InChI is InChI=1S/C46H86O5Si3/c1-16-54(17-2,18-3)51-46(29-20-19-21-30-46)34-48-42(47)35(4)40-26-27-41-37(23-22-28-45(40,41)11)25-24-36-31-38(49-52(12,13)43(5,6)7)33-39(32-36)50-53(14,15)44(8,9)10/h24-25,35,38-41H,16-23,26-34H2,1-15H3/b37-25+/t35-,38+,39+,40+,41-,45+/m0/s1. The minimum absolute atomic E-state index is 0.00755. The van der Waals surface area contributed by atoms with E-state index in [1.165, 1.54) is 50.5 Å². The second-order valence-electron chi connectivity index (χ2n) is 21.8. The highest BCUT2D eigenvalue weighted by Crippen LogP contribution is 2.59. The molecule has 0 radical (unpaired) electrons. The van der Waals surface area contributed by atoms with Crippen molar-refractivity contribution in [2.75, 3.05) is 6.61 Å². The van der Waals surface area contributed by atoms with Gasteiger partial charge in [0.25, 0.3) is 0 Å². The van der Waals surface area contributed by atoms with Crippen LogP contribution in [0, 0.1) is 23.2 Å². The number of rotatable bonds is 14. The summed E-state index contributed by atoms with van der Waals surface area (Å²) in [4.78, 5) is 14.0. The lowest BCUT2D eigenvalue weighted by molar-refractivity contribution is -0.160. The van der Waals surface area contributed by atoms with Crippen LogP contribution in [0.3, 0.4) is 0 Å². The number of hydrogen-bond donors (Lipinski definition) is 0. The maximum absolute atomic E-state index is 14.0. The molecule has 0 aromatic carbocycles. The number of fused-ring (bicyclic) bond motifs is 1. The van der Waals surface area contributed by atoms with Gasteiger partial charge in [-0.1, -0.05) is 119 Å². The lowest BCUT2D eigenvalue weighted by Crippen LogP contribution is -2.51. The molecule has 0 spiro atoms. The first-order valence-electron chi connectivity index (χ1n) is 22.6. The van der Waals surface area contributed by atoms with Gasteiger partial charge in [-0.15, -0.1) is 0 Å². The summed E-state index contributed by atoms with van der Waals surface area (Å²) in [6.45, 7) is 35.7. The number of allylic oxidation sites excluding steroid dienone is 3. The fraction of sp³-hybridized carbons (Fsp3) is 0.891. The fourth-order valence-electron chi connectivity index (χ4n) is 10.4. The third-order valence-electron chi connectivity index (χ3n) is 16.2. The lowest BCUT2D eigenvalue weighted by Gasteiger charge is -2.45. The summed E-state index contributed by atoms with van der Waals surface area (Å²) in [5.41, 5.74) is 2.94. The molecule has 8 heteroatoms. The van der Waals surface area contributed by atoms with Crippen LogP contribution in [0.15, 0.2) is 23.3 Å². The Bertz CT molecular complexity index is 1270. The van der Waals surface area contributed by atoms with E-state index in [4.69, 9.17) is 18.0 Å². The van der Waals surface area contributed by atoms with E-state index in [9.17, 15) is 4.79 Å². The Labute approximate surface area is 337 Å². The first-order chi connectivity index (χ1) is 25.0. The smallest absolute Gasteiger partial charge is 0.309 e. The van der Waals surface area contributed by atoms with E-state index >= 15 is 0 Å². The van der Waals surface area contributed by atoms with E-state index in [0.29, 0.717) is 18.4 Å². The molecule has 0 aliphatic heterocycles. The van der Waals surface area contributed by atoms with Gasteiger partial charge in [0.1, 0.15) is 6.61 Å². The van der Waals surface area contributed by atoms with E-state index < -0.39 is 25.0 Å². The minimum Gasteiger partial charge on any atom is -0.462 e. The highest BCUT2D eigenvalue weighted by atomic mass is 28.4. The van der Waals surface area contributed by atoms with Gasteiger partial charge in [-0.3, -0.25) is 4.79 Å². The van der Waals surface area contributed by atoms with E-state index in [1.807, 2.05) is 0 Å². The second kappa shape index (κ2) is 17.8. The van der Waals surface area contributed by atoms with Crippen molar-refractivity contribution in [1.29, 1.82) is 0 Å². The predicted octanol–water partition coefficient (Wildman–Crippen LogP) is 13.9. The van der Waals surface area contributed by atoms with Gasteiger partial charge >= 0.3 is 5.97 Å². The first kappa shape index (κ1) is 46.2. The Morgan fingerprint density at radius 1 is 0.796 bits per heavy atom. The molecule has 0 saturated heterocycles. The number of carbonyl (C=O) groups is 1. The number of hydrogen-bond acceptors (Lipinski definition) is 5. The summed E-state index contributed by atoms with van der Waals surface area (Å²) in [5.74, 6) is 0.796. The molecule has 54 heavy (non-hydrogen) atoms. The van der Waals surface area contributed by atoms with E-state index in [2.05, 4.69) is 115 Å². The molecule has 4 fully saturated rings. The molecule has 4 saturated carbocycles. The maximum Gasteiger partial charge on any atom is 0.309 e. The summed E-state index contributed by atoms with van der Waals surface area (Å²) in [6.07, 6.45) is 19.9. The van der Waals surface area contributed by atoms with Crippen molar-refractivity contribution in [3.05, 3.63) is 23.3 Å². The molecule has 0 heterocycles. The molecule has 5 nitrogen and oxygen atoms in total. The highest BCUT2D eigenvalue weighted by Gasteiger charge is 2.53. The summed E-state index contributed by atoms with van der Waals surface area (Å²) in [7, 11) is -5.67. The van der Waals surface area contributed by atoms with Crippen molar-refractivity contribution in [1.82, 2.24) is 0 Å². The van der Waals surface area contributed by atoms with Crippen molar-refractivity contribution in [2.24, 2.45) is 23.2 Å². The van der Waals surface area contributed by atoms with Gasteiger partial charge in [0.15, 0.2) is 25.0 Å². The van der Waals surface area contributed by atoms with Crippen LogP contribution in [0.4, 0.5) is 0 Å². The van der Waals surface area contributed by atoms with Gasteiger partial charge < -0.3 is 18.0 Å². The maximum atomic E-state index is 14.0. The second-order valence-corrected chi connectivity index (χ2v) is 36.0. The molecular formula is C46H86O5Si3. The third-order valence-corrected chi connectivity index (χ3v) is 30.0. The summed E-state index contributed by atoms with van der Waals surface area (Å²) in [6, 6.07) is 3.41. The van der Waals surface area contributed by atoms with E-state index in [-0.39, 0.29) is 45.2 Å². The zero-order valence-corrected chi connectivity index (χ0v) is 41.1. The van der Waals surface area contributed by atoms with E-state index in [1.54, 1.807) is 5.57 Å². The van der Waals surface area contributed by atoms with Crippen LogP contribution in [-0.4, -0.2) is 55.3 Å². The van der Waals surface area contributed by atoms with Gasteiger partial charge in [-0.25, -0.2) is 0 Å². The van der Waals surface area contributed by atoms with Crippen molar-refractivity contribution in [2.45, 2.75) is 232 Å². The Balaban J connectivity index is 1.50. The average Bonchev–Trinajstić information content (AvgIpc) is 3.44. The Morgan fingerprint density at radius 2 is 1.33 bits per heavy atom. The van der Waals surface area contributed by atoms with Gasteiger partial charge in [-0.05, 0) is 136 Å². The molecule has 0 amide bonds.